The zero-order valence-electron chi connectivity index (χ0n) is 16.9. The van der Waals surface area contributed by atoms with E-state index in [1.165, 1.54) is 32.1 Å². The average Bonchev–Trinajstić information content (AvgIpc) is 2.75. The average molecular weight is 423 g/mol. The molecule has 4 N–H and O–H groups in total. The van der Waals surface area contributed by atoms with Crippen LogP contribution in [-0.4, -0.2) is 22.6 Å². The van der Waals surface area contributed by atoms with Crippen LogP contribution in [0.4, 0.5) is 11.8 Å². The summed E-state index contributed by atoms with van der Waals surface area (Å²) in [6.07, 6.45) is 7.83. The lowest BCUT2D eigenvalue weighted by atomic mass is 9.48. The summed E-state index contributed by atoms with van der Waals surface area (Å²) in [5.74, 6) is 3.23. The molecule has 1 aromatic heterocycles. The summed E-state index contributed by atoms with van der Waals surface area (Å²) in [5.41, 5.74) is 8.23. The summed E-state index contributed by atoms with van der Waals surface area (Å²) >= 11 is 6.23. The van der Waals surface area contributed by atoms with Gasteiger partial charge in [-0.05, 0) is 66.9 Å². The number of hydrogen-bond acceptors (Lipinski definition) is 6. The number of nitrogens with one attached hydrogen (secondary N) is 2. The SMILES string of the molecule is N#Cc1cnc(NCc2ccccc2Cl)nc1NC[C@@]12CC3C[C@H](C1)[C@@H](N)[C@@H](C3)C2. The van der Waals surface area contributed by atoms with Crippen molar-refractivity contribution in [2.75, 3.05) is 17.2 Å². The van der Waals surface area contributed by atoms with Gasteiger partial charge in [0.05, 0.1) is 6.20 Å². The summed E-state index contributed by atoms with van der Waals surface area (Å²) in [6.45, 7) is 1.37. The Morgan fingerprint density at radius 3 is 2.67 bits per heavy atom. The number of rotatable bonds is 6. The number of aromatic nitrogens is 2. The fourth-order valence-corrected chi connectivity index (χ4v) is 6.42. The van der Waals surface area contributed by atoms with Crippen molar-refractivity contribution in [2.45, 2.75) is 44.7 Å². The molecule has 1 unspecified atom stereocenters. The lowest BCUT2D eigenvalue weighted by molar-refractivity contribution is -0.0591. The summed E-state index contributed by atoms with van der Waals surface area (Å²) in [6, 6.07) is 10.3. The third-order valence-corrected chi connectivity index (χ3v) is 7.78. The van der Waals surface area contributed by atoms with Crippen LogP contribution in [0.25, 0.3) is 0 Å². The Morgan fingerprint density at radius 2 is 1.93 bits per heavy atom. The van der Waals surface area contributed by atoms with Crippen molar-refractivity contribution in [1.29, 1.82) is 5.26 Å². The molecule has 4 fully saturated rings. The van der Waals surface area contributed by atoms with E-state index in [9.17, 15) is 5.26 Å². The van der Waals surface area contributed by atoms with Gasteiger partial charge in [0.1, 0.15) is 17.5 Å². The largest absolute Gasteiger partial charge is 0.368 e. The molecule has 1 heterocycles. The lowest BCUT2D eigenvalue weighted by Crippen LogP contribution is -2.58. The van der Waals surface area contributed by atoms with E-state index in [-0.39, 0.29) is 5.41 Å². The molecule has 1 aromatic carbocycles. The van der Waals surface area contributed by atoms with Gasteiger partial charge in [-0.15, -0.1) is 0 Å². The van der Waals surface area contributed by atoms with Gasteiger partial charge in [0.25, 0.3) is 0 Å². The second-order valence-corrected chi connectivity index (χ2v) is 9.82. The molecule has 0 aliphatic heterocycles. The van der Waals surface area contributed by atoms with Crippen molar-refractivity contribution in [3.8, 4) is 6.07 Å². The van der Waals surface area contributed by atoms with Gasteiger partial charge >= 0.3 is 0 Å². The molecule has 0 amide bonds. The quantitative estimate of drug-likeness (QED) is 0.645. The Bertz CT molecular complexity index is 970. The summed E-state index contributed by atoms with van der Waals surface area (Å²) in [7, 11) is 0. The second-order valence-electron chi connectivity index (χ2n) is 9.41. The maximum atomic E-state index is 9.52. The molecule has 7 heteroatoms. The maximum Gasteiger partial charge on any atom is 0.224 e. The Balaban J connectivity index is 1.29. The third-order valence-electron chi connectivity index (χ3n) is 7.41. The molecule has 6 nitrogen and oxygen atoms in total. The molecule has 156 valence electrons. The van der Waals surface area contributed by atoms with E-state index in [1.54, 1.807) is 6.20 Å². The molecule has 0 radical (unpaired) electrons. The summed E-state index contributed by atoms with van der Waals surface area (Å²) < 4.78 is 0. The van der Waals surface area contributed by atoms with Crippen LogP contribution in [0.5, 0.6) is 0 Å². The number of anilines is 2. The van der Waals surface area contributed by atoms with Crippen LogP contribution in [0.15, 0.2) is 30.5 Å². The Kier molecular flexibility index (Phi) is 5.04. The highest BCUT2D eigenvalue weighted by Crippen LogP contribution is 2.59. The van der Waals surface area contributed by atoms with Gasteiger partial charge in [0.15, 0.2) is 0 Å². The van der Waals surface area contributed by atoms with Crippen LogP contribution in [0.3, 0.4) is 0 Å². The maximum absolute atomic E-state index is 9.52. The van der Waals surface area contributed by atoms with Gasteiger partial charge in [-0.1, -0.05) is 29.8 Å². The minimum Gasteiger partial charge on any atom is -0.368 e. The van der Waals surface area contributed by atoms with E-state index >= 15 is 0 Å². The van der Waals surface area contributed by atoms with Crippen molar-refractivity contribution >= 4 is 23.4 Å². The molecular formula is C23H27ClN6. The monoisotopic (exact) mass is 422 g/mol. The number of hydrogen-bond donors (Lipinski definition) is 3. The molecule has 5 atom stereocenters. The number of nitrogens with zero attached hydrogens (tertiary/aromatic N) is 3. The highest BCUT2D eigenvalue weighted by atomic mass is 35.5. The van der Waals surface area contributed by atoms with Crippen molar-refractivity contribution in [2.24, 2.45) is 28.9 Å². The molecule has 6 rings (SSSR count). The normalized spacial score (nSPS) is 31.4. The third kappa shape index (κ3) is 3.61. The summed E-state index contributed by atoms with van der Waals surface area (Å²) in [5, 5.41) is 17.0. The topological polar surface area (TPSA) is 99.6 Å². The van der Waals surface area contributed by atoms with E-state index in [2.05, 4.69) is 26.7 Å². The molecule has 2 aromatic rings. The number of nitriles is 1. The van der Waals surface area contributed by atoms with E-state index in [0.717, 1.165) is 18.0 Å². The lowest BCUT2D eigenvalue weighted by Gasteiger charge is -2.59. The highest BCUT2D eigenvalue weighted by molar-refractivity contribution is 6.31. The molecule has 30 heavy (non-hydrogen) atoms. The van der Waals surface area contributed by atoms with Crippen molar-refractivity contribution in [3.63, 3.8) is 0 Å². The van der Waals surface area contributed by atoms with Gasteiger partial charge in [-0.2, -0.15) is 10.2 Å². The van der Waals surface area contributed by atoms with Crippen molar-refractivity contribution in [3.05, 3.63) is 46.6 Å². The van der Waals surface area contributed by atoms with Crippen molar-refractivity contribution < 1.29 is 0 Å². The molecule has 0 spiro atoms. The van der Waals surface area contributed by atoms with Gasteiger partial charge < -0.3 is 16.4 Å². The Hall–Kier alpha value is -2.36. The van der Waals surface area contributed by atoms with Gasteiger partial charge in [0.2, 0.25) is 5.95 Å². The highest BCUT2D eigenvalue weighted by Gasteiger charge is 2.54. The predicted molar refractivity (Wildman–Crippen MR) is 118 cm³/mol. The molecular weight excluding hydrogens is 396 g/mol. The Morgan fingerprint density at radius 1 is 1.17 bits per heavy atom. The fraction of sp³-hybridized carbons (Fsp3) is 0.522. The van der Waals surface area contributed by atoms with Crippen molar-refractivity contribution in [1.82, 2.24) is 9.97 Å². The first kappa shape index (κ1) is 19.6. The van der Waals surface area contributed by atoms with E-state index in [0.29, 0.717) is 46.8 Å². The standard InChI is InChI=1S/C23H27ClN6/c24-19-4-2-1-3-15(19)11-27-22-28-12-18(10-25)21(30-22)29-13-23-7-14-5-16(8-23)20(26)17(6-14)9-23/h1-4,12,14,16-17,20H,5-9,11,13,26H2,(H2,27,28,29,30)/t14?,16-,17+,20-,23+. The van der Waals surface area contributed by atoms with Crippen LogP contribution in [0.1, 0.15) is 43.2 Å². The van der Waals surface area contributed by atoms with Crippen LogP contribution < -0.4 is 16.4 Å². The number of nitrogens with two attached hydrogens (primary N) is 1. The number of benzene rings is 1. The zero-order chi connectivity index (χ0) is 20.7. The fourth-order valence-electron chi connectivity index (χ4n) is 6.22. The summed E-state index contributed by atoms with van der Waals surface area (Å²) in [4.78, 5) is 8.89. The molecule has 4 aliphatic carbocycles. The number of halogens is 1. The minimum absolute atomic E-state index is 0.287. The Labute approximate surface area is 182 Å². The van der Waals surface area contributed by atoms with E-state index in [1.807, 2.05) is 24.3 Å². The van der Waals surface area contributed by atoms with Crippen LogP contribution in [0.2, 0.25) is 5.02 Å². The van der Waals surface area contributed by atoms with Crippen LogP contribution in [0, 0.1) is 34.5 Å². The van der Waals surface area contributed by atoms with E-state index < -0.39 is 0 Å². The zero-order valence-corrected chi connectivity index (χ0v) is 17.7. The first-order valence-electron chi connectivity index (χ1n) is 10.8. The molecule has 0 saturated heterocycles. The second kappa shape index (κ2) is 7.72. The minimum atomic E-state index is 0.287. The van der Waals surface area contributed by atoms with Gasteiger partial charge in [-0.25, -0.2) is 4.98 Å². The van der Waals surface area contributed by atoms with Crippen LogP contribution >= 0.6 is 11.6 Å². The molecule has 4 saturated carbocycles. The van der Waals surface area contributed by atoms with Gasteiger partial charge in [0, 0.05) is 24.2 Å². The molecule has 4 bridgehead atoms. The van der Waals surface area contributed by atoms with Gasteiger partial charge in [-0.3, -0.25) is 0 Å². The smallest absolute Gasteiger partial charge is 0.224 e. The predicted octanol–water partition coefficient (Wildman–Crippen LogP) is 4.18. The first-order valence-corrected chi connectivity index (χ1v) is 11.2. The molecule has 4 aliphatic rings. The van der Waals surface area contributed by atoms with Crippen LogP contribution in [-0.2, 0) is 6.54 Å². The van der Waals surface area contributed by atoms with E-state index in [4.69, 9.17) is 17.3 Å². The first-order chi connectivity index (χ1) is 14.5.